The van der Waals surface area contributed by atoms with Gasteiger partial charge in [0.25, 0.3) is 0 Å². The molecule has 1 unspecified atom stereocenters. The third-order valence-corrected chi connectivity index (χ3v) is 4.78. The molecule has 3 aromatic rings. The number of piperidine rings is 1. The number of carbonyl (C=O) groups is 1. The van der Waals surface area contributed by atoms with E-state index < -0.39 is 0 Å². The van der Waals surface area contributed by atoms with Crippen molar-refractivity contribution in [1.82, 2.24) is 15.3 Å². The number of aromatic nitrogens is 2. The fourth-order valence-corrected chi connectivity index (χ4v) is 3.40. The Labute approximate surface area is 147 Å². The maximum absolute atomic E-state index is 12.6. The van der Waals surface area contributed by atoms with Gasteiger partial charge in [-0.05, 0) is 30.5 Å². The van der Waals surface area contributed by atoms with Crippen molar-refractivity contribution in [2.75, 3.05) is 18.0 Å². The molecule has 0 radical (unpaired) electrons. The first-order valence-electron chi connectivity index (χ1n) is 8.81. The van der Waals surface area contributed by atoms with Crippen molar-refractivity contribution in [2.45, 2.75) is 19.4 Å². The highest BCUT2D eigenvalue weighted by Crippen LogP contribution is 2.23. The summed E-state index contributed by atoms with van der Waals surface area (Å²) < 4.78 is 0. The molecule has 1 fully saturated rings. The monoisotopic (exact) mass is 334 g/mol. The van der Waals surface area contributed by atoms with Crippen molar-refractivity contribution in [3.8, 4) is 0 Å². The van der Waals surface area contributed by atoms with Crippen LogP contribution in [0.1, 0.15) is 18.4 Å². The van der Waals surface area contributed by atoms with Crippen molar-refractivity contribution < 1.29 is 4.79 Å². The Balaban J connectivity index is 1.41. The van der Waals surface area contributed by atoms with Gasteiger partial charge in [-0.3, -0.25) is 4.79 Å². The lowest BCUT2D eigenvalue weighted by atomic mass is 9.97. The predicted octanol–water partition coefficient (Wildman–Crippen LogP) is 3.10. The van der Waals surface area contributed by atoms with Gasteiger partial charge in [-0.15, -0.1) is 0 Å². The zero-order valence-corrected chi connectivity index (χ0v) is 14.1. The van der Waals surface area contributed by atoms with Gasteiger partial charge in [-0.2, -0.15) is 0 Å². The zero-order valence-electron chi connectivity index (χ0n) is 14.1. The molecule has 1 aliphatic rings. The smallest absolute Gasteiger partial charge is 0.225 e. The van der Waals surface area contributed by atoms with E-state index in [1.165, 1.54) is 0 Å². The highest BCUT2D eigenvalue weighted by molar-refractivity contribution is 5.80. The largest absolute Gasteiger partial charge is 0.352 e. The van der Waals surface area contributed by atoms with Crippen molar-refractivity contribution in [2.24, 2.45) is 5.92 Å². The minimum absolute atomic E-state index is 0.00525. The van der Waals surface area contributed by atoms with E-state index >= 15 is 0 Å². The molecule has 25 heavy (non-hydrogen) atoms. The Morgan fingerprint density at radius 3 is 2.80 bits per heavy atom. The number of aromatic amines is 1. The van der Waals surface area contributed by atoms with Crippen LogP contribution >= 0.6 is 0 Å². The van der Waals surface area contributed by atoms with Crippen LogP contribution < -0.4 is 10.2 Å². The summed E-state index contributed by atoms with van der Waals surface area (Å²) in [4.78, 5) is 22.8. The number of carbonyl (C=O) groups excluding carboxylic acids is 1. The molecule has 1 saturated heterocycles. The van der Waals surface area contributed by atoms with Gasteiger partial charge in [0, 0.05) is 19.6 Å². The number of benzene rings is 2. The Bertz CT molecular complexity index is 825. The number of nitrogens with zero attached hydrogens (tertiary/aromatic N) is 2. The lowest BCUT2D eigenvalue weighted by Crippen LogP contribution is -2.43. The number of nitrogens with one attached hydrogen (secondary N) is 2. The first-order valence-corrected chi connectivity index (χ1v) is 8.81. The predicted molar refractivity (Wildman–Crippen MR) is 99.3 cm³/mol. The second-order valence-electron chi connectivity index (χ2n) is 6.57. The molecule has 0 aliphatic carbocycles. The van der Waals surface area contributed by atoms with E-state index in [0.29, 0.717) is 13.1 Å². The normalized spacial score (nSPS) is 17.6. The zero-order chi connectivity index (χ0) is 17.1. The minimum Gasteiger partial charge on any atom is -0.352 e. The molecule has 4 rings (SSSR count). The second kappa shape index (κ2) is 6.97. The molecule has 5 nitrogen and oxygen atoms in total. The molecule has 2 heterocycles. The van der Waals surface area contributed by atoms with Crippen LogP contribution in [0.4, 0.5) is 5.95 Å². The molecule has 128 valence electrons. The van der Waals surface area contributed by atoms with Gasteiger partial charge in [0.05, 0.1) is 17.0 Å². The van der Waals surface area contributed by atoms with Crippen LogP contribution in [0, 0.1) is 5.92 Å². The van der Waals surface area contributed by atoms with E-state index in [2.05, 4.69) is 20.2 Å². The molecule has 0 bridgehead atoms. The molecule has 0 saturated carbocycles. The lowest BCUT2D eigenvalue weighted by molar-refractivity contribution is -0.125. The van der Waals surface area contributed by atoms with Gasteiger partial charge in [-0.1, -0.05) is 42.5 Å². The Hall–Kier alpha value is -2.82. The van der Waals surface area contributed by atoms with Gasteiger partial charge in [0.1, 0.15) is 0 Å². The van der Waals surface area contributed by atoms with Gasteiger partial charge >= 0.3 is 0 Å². The topological polar surface area (TPSA) is 61.0 Å². The number of hydrogen-bond acceptors (Lipinski definition) is 3. The number of anilines is 1. The number of para-hydroxylation sites is 2. The van der Waals surface area contributed by atoms with E-state index in [1.54, 1.807) is 0 Å². The van der Waals surface area contributed by atoms with E-state index in [1.807, 2.05) is 54.6 Å². The quantitative estimate of drug-likeness (QED) is 0.771. The Kier molecular flexibility index (Phi) is 4.37. The number of hydrogen-bond donors (Lipinski definition) is 2. The minimum atomic E-state index is 0.00525. The van der Waals surface area contributed by atoms with Crippen molar-refractivity contribution in [3.63, 3.8) is 0 Å². The standard InChI is InChI=1S/C20H22N4O/c25-19(21-13-15-7-2-1-3-8-15)16-9-6-12-24(14-16)20-22-17-10-4-5-11-18(17)23-20/h1-5,7-8,10-11,16H,6,9,12-14H2,(H,21,25)(H,22,23). The first-order chi connectivity index (χ1) is 12.3. The van der Waals surface area contributed by atoms with Gasteiger partial charge < -0.3 is 15.2 Å². The van der Waals surface area contributed by atoms with Crippen LogP contribution in [0.25, 0.3) is 11.0 Å². The summed E-state index contributed by atoms with van der Waals surface area (Å²) in [6.07, 6.45) is 1.93. The SMILES string of the molecule is O=C(NCc1ccccc1)C1CCCN(c2nc3ccccc3[nH]2)C1. The Morgan fingerprint density at radius 2 is 1.96 bits per heavy atom. The fourth-order valence-electron chi connectivity index (χ4n) is 3.40. The Morgan fingerprint density at radius 1 is 1.16 bits per heavy atom. The van der Waals surface area contributed by atoms with Crippen LogP contribution in [0.2, 0.25) is 0 Å². The number of rotatable bonds is 4. The third-order valence-electron chi connectivity index (χ3n) is 4.78. The third kappa shape index (κ3) is 3.50. The molecule has 2 aromatic carbocycles. The molecule has 2 N–H and O–H groups in total. The summed E-state index contributed by atoms with van der Waals surface area (Å²) in [6.45, 7) is 2.23. The maximum Gasteiger partial charge on any atom is 0.225 e. The summed E-state index contributed by atoms with van der Waals surface area (Å²) in [7, 11) is 0. The van der Waals surface area contributed by atoms with Crippen LogP contribution in [0.5, 0.6) is 0 Å². The summed E-state index contributed by atoms with van der Waals surface area (Å²) in [5.74, 6) is 0.997. The molecular formula is C20H22N4O. The number of imidazole rings is 1. The molecule has 0 spiro atoms. The first kappa shape index (κ1) is 15.7. The molecule has 1 aliphatic heterocycles. The highest BCUT2D eigenvalue weighted by Gasteiger charge is 2.27. The average molecular weight is 334 g/mol. The molecule has 5 heteroatoms. The van der Waals surface area contributed by atoms with Crippen LogP contribution in [0.15, 0.2) is 54.6 Å². The molecule has 1 atom stereocenters. The van der Waals surface area contributed by atoms with Gasteiger partial charge in [0.15, 0.2) is 0 Å². The van der Waals surface area contributed by atoms with Crippen molar-refractivity contribution in [3.05, 3.63) is 60.2 Å². The van der Waals surface area contributed by atoms with Crippen LogP contribution in [-0.4, -0.2) is 29.0 Å². The summed E-state index contributed by atoms with van der Waals surface area (Å²) >= 11 is 0. The molecular weight excluding hydrogens is 312 g/mol. The summed E-state index contributed by atoms with van der Waals surface area (Å²) in [5, 5.41) is 3.07. The summed E-state index contributed by atoms with van der Waals surface area (Å²) in [5.41, 5.74) is 3.13. The van der Waals surface area contributed by atoms with Gasteiger partial charge in [0.2, 0.25) is 11.9 Å². The second-order valence-corrected chi connectivity index (χ2v) is 6.57. The van der Waals surface area contributed by atoms with Crippen LogP contribution in [-0.2, 0) is 11.3 Å². The van der Waals surface area contributed by atoms with E-state index in [0.717, 1.165) is 41.9 Å². The van der Waals surface area contributed by atoms with Crippen molar-refractivity contribution in [1.29, 1.82) is 0 Å². The number of H-pyrrole nitrogens is 1. The van der Waals surface area contributed by atoms with E-state index in [4.69, 9.17) is 0 Å². The average Bonchev–Trinajstić information content (AvgIpc) is 3.11. The summed E-state index contributed by atoms with van der Waals surface area (Å²) in [6, 6.07) is 18.0. The maximum atomic E-state index is 12.6. The molecule has 1 amide bonds. The lowest BCUT2D eigenvalue weighted by Gasteiger charge is -2.31. The molecule has 1 aromatic heterocycles. The van der Waals surface area contributed by atoms with E-state index in [9.17, 15) is 4.79 Å². The van der Waals surface area contributed by atoms with E-state index in [-0.39, 0.29) is 11.8 Å². The number of amides is 1. The highest BCUT2D eigenvalue weighted by atomic mass is 16.1. The van der Waals surface area contributed by atoms with Gasteiger partial charge in [-0.25, -0.2) is 4.98 Å². The van der Waals surface area contributed by atoms with Crippen molar-refractivity contribution >= 4 is 22.9 Å². The fraction of sp³-hybridized carbons (Fsp3) is 0.300. The number of fused-ring (bicyclic) bond motifs is 1. The van der Waals surface area contributed by atoms with Crippen LogP contribution in [0.3, 0.4) is 0 Å².